The van der Waals surface area contributed by atoms with Gasteiger partial charge in [0.15, 0.2) is 17.0 Å². The number of aromatic nitrogens is 3. The van der Waals surface area contributed by atoms with E-state index in [-0.39, 0.29) is 24.4 Å². The van der Waals surface area contributed by atoms with Crippen molar-refractivity contribution in [3.63, 3.8) is 0 Å². The minimum absolute atomic E-state index is 0.00859. The number of hydrogen-bond donors (Lipinski definition) is 0. The summed E-state index contributed by atoms with van der Waals surface area (Å²) in [6, 6.07) is 11.8. The maximum absolute atomic E-state index is 13.4. The van der Waals surface area contributed by atoms with Crippen LogP contribution in [-0.4, -0.2) is 41.4 Å². The number of hydrogen-bond acceptors (Lipinski definition) is 8. The van der Waals surface area contributed by atoms with Gasteiger partial charge < -0.3 is 18.6 Å². The van der Waals surface area contributed by atoms with Crippen molar-refractivity contribution < 1.29 is 23.4 Å². The van der Waals surface area contributed by atoms with Crippen LogP contribution >= 0.6 is 0 Å². The Kier molecular flexibility index (Phi) is 6.48. The largest absolute Gasteiger partial charge is 0.493 e. The highest BCUT2D eigenvalue weighted by Gasteiger charge is 2.17. The van der Waals surface area contributed by atoms with E-state index in [1.807, 2.05) is 6.07 Å². The maximum atomic E-state index is 13.4. The number of aryl methyl sites for hydroxylation is 1. The molecule has 0 aliphatic rings. The number of pyridine rings is 1. The molecule has 4 aromatic rings. The summed E-state index contributed by atoms with van der Waals surface area (Å²) in [4.78, 5) is 42.4. The molecule has 10 nitrogen and oxygen atoms in total. The van der Waals surface area contributed by atoms with Crippen LogP contribution in [0.25, 0.3) is 11.0 Å². The molecule has 0 spiro atoms. The average molecular weight is 465 g/mol. The summed E-state index contributed by atoms with van der Waals surface area (Å²) in [5.41, 5.74) is 0.407. The molecule has 176 valence electrons. The molecule has 0 saturated heterocycles. The molecular formula is C24H23N3O7. The zero-order valence-corrected chi connectivity index (χ0v) is 18.9. The van der Waals surface area contributed by atoms with Gasteiger partial charge in [-0.1, -0.05) is 6.07 Å². The van der Waals surface area contributed by atoms with Crippen LogP contribution < -0.4 is 20.7 Å². The number of fused-ring (bicyclic) bond motifs is 1. The van der Waals surface area contributed by atoms with Crippen molar-refractivity contribution in [3.8, 4) is 11.5 Å². The lowest BCUT2D eigenvalue weighted by molar-refractivity contribution is 0.0563. The first-order valence-electron chi connectivity index (χ1n) is 10.4. The van der Waals surface area contributed by atoms with Gasteiger partial charge in [0, 0.05) is 12.7 Å². The number of methoxy groups -OCH3 is 3. The Bertz CT molecular complexity index is 1470. The molecule has 0 atom stereocenters. The molecule has 34 heavy (non-hydrogen) atoms. The zero-order valence-electron chi connectivity index (χ0n) is 18.9. The van der Waals surface area contributed by atoms with Gasteiger partial charge in [-0.15, -0.1) is 0 Å². The van der Waals surface area contributed by atoms with Crippen LogP contribution in [0, 0.1) is 0 Å². The Morgan fingerprint density at radius 2 is 1.79 bits per heavy atom. The van der Waals surface area contributed by atoms with E-state index in [1.165, 1.54) is 23.9 Å². The monoisotopic (exact) mass is 465 g/mol. The number of nitrogens with zero attached hydrogens (tertiary/aromatic N) is 3. The van der Waals surface area contributed by atoms with E-state index in [2.05, 4.69) is 9.72 Å². The zero-order chi connectivity index (χ0) is 24.2. The van der Waals surface area contributed by atoms with Crippen molar-refractivity contribution in [3.05, 3.63) is 86.6 Å². The van der Waals surface area contributed by atoms with Crippen molar-refractivity contribution in [2.24, 2.45) is 0 Å². The number of furan rings is 1. The molecule has 0 N–H and O–H groups in total. The van der Waals surface area contributed by atoms with E-state index < -0.39 is 17.2 Å². The fraction of sp³-hybridized carbons (Fsp3) is 0.250. The van der Waals surface area contributed by atoms with Crippen LogP contribution in [0.3, 0.4) is 0 Å². The molecule has 0 fully saturated rings. The van der Waals surface area contributed by atoms with Gasteiger partial charge in [0.05, 0.1) is 33.4 Å². The first-order chi connectivity index (χ1) is 16.5. The summed E-state index contributed by atoms with van der Waals surface area (Å²) < 4.78 is 23.3. The first kappa shape index (κ1) is 22.8. The van der Waals surface area contributed by atoms with Gasteiger partial charge in [-0.3, -0.25) is 13.9 Å². The van der Waals surface area contributed by atoms with Crippen LogP contribution in [0.4, 0.5) is 0 Å². The third-order valence-corrected chi connectivity index (χ3v) is 5.42. The molecule has 10 heteroatoms. The normalized spacial score (nSPS) is 10.9. The van der Waals surface area contributed by atoms with Gasteiger partial charge in [0.2, 0.25) is 5.76 Å². The van der Waals surface area contributed by atoms with Crippen LogP contribution in [0.2, 0.25) is 0 Å². The summed E-state index contributed by atoms with van der Waals surface area (Å²) >= 11 is 0. The topological polar surface area (TPSA) is 115 Å². The second-order valence-corrected chi connectivity index (χ2v) is 7.39. The Balaban J connectivity index is 1.72. The quantitative estimate of drug-likeness (QED) is 0.364. The van der Waals surface area contributed by atoms with E-state index in [0.29, 0.717) is 29.2 Å². The molecular weight excluding hydrogens is 442 g/mol. The van der Waals surface area contributed by atoms with Gasteiger partial charge in [0.1, 0.15) is 5.76 Å². The van der Waals surface area contributed by atoms with E-state index >= 15 is 0 Å². The molecule has 0 unspecified atom stereocenters. The highest BCUT2D eigenvalue weighted by molar-refractivity contribution is 5.86. The third kappa shape index (κ3) is 4.29. The van der Waals surface area contributed by atoms with Gasteiger partial charge in [-0.2, -0.15) is 0 Å². The lowest BCUT2D eigenvalue weighted by Gasteiger charge is -2.13. The molecule has 0 amide bonds. The van der Waals surface area contributed by atoms with E-state index in [0.717, 1.165) is 10.1 Å². The molecule has 0 aliphatic heterocycles. The van der Waals surface area contributed by atoms with Crippen molar-refractivity contribution in [2.45, 2.75) is 19.5 Å². The van der Waals surface area contributed by atoms with Crippen LogP contribution in [0.1, 0.15) is 21.9 Å². The summed E-state index contributed by atoms with van der Waals surface area (Å²) in [6.45, 7) is 0.139. The van der Waals surface area contributed by atoms with Crippen molar-refractivity contribution in [1.82, 2.24) is 14.1 Å². The third-order valence-electron chi connectivity index (χ3n) is 5.42. The summed E-state index contributed by atoms with van der Waals surface area (Å²) in [7, 11) is 4.34. The van der Waals surface area contributed by atoms with E-state index in [9.17, 15) is 14.4 Å². The van der Waals surface area contributed by atoms with Crippen LogP contribution in [0.5, 0.6) is 11.5 Å². The molecule has 4 rings (SSSR count). The minimum Gasteiger partial charge on any atom is -0.493 e. The number of carbonyl (C=O) groups excluding carboxylic acids is 1. The number of carbonyl (C=O) groups is 1. The Morgan fingerprint density at radius 3 is 2.53 bits per heavy atom. The summed E-state index contributed by atoms with van der Waals surface area (Å²) in [5, 5.41) is 0. The lowest BCUT2D eigenvalue weighted by Crippen LogP contribution is -2.41. The smallest absolute Gasteiger partial charge is 0.373 e. The molecule has 0 radical (unpaired) electrons. The average Bonchev–Trinajstić information content (AvgIpc) is 3.34. The van der Waals surface area contributed by atoms with Crippen molar-refractivity contribution in [2.75, 3.05) is 21.3 Å². The maximum Gasteiger partial charge on any atom is 0.373 e. The number of ether oxygens (including phenoxy) is 3. The number of benzene rings is 1. The van der Waals surface area contributed by atoms with E-state index in [4.69, 9.17) is 13.9 Å². The standard InChI is InChI=1S/C24H23N3O7/c1-31-18-8-6-15(13-20(18)32-2)10-12-26-22(28)21-17(5-4-11-25-21)27(24(26)30)14-16-7-9-19(34-16)23(29)33-3/h4-9,11,13H,10,12,14H2,1-3H3. The number of rotatable bonds is 8. The highest BCUT2D eigenvalue weighted by atomic mass is 16.5. The molecule has 0 aliphatic carbocycles. The summed E-state index contributed by atoms with van der Waals surface area (Å²) in [6.07, 6.45) is 1.90. The second-order valence-electron chi connectivity index (χ2n) is 7.39. The molecule has 3 aromatic heterocycles. The highest BCUT2D eigenvalue weighted by Crippen LogP contribution is 2.27. The van der Waals surface area contributed by atoms with Gasteiger partial charge >= 0.3 is 11.7 Å². The van der Waals surface area contributed by atoms with Gasteiger partial charge in [0.25, 0.3) is 5.56 Å². The van der Waals surface area contributed by atoms with Crippen molar-refractivity contribution >= 4 is 17.0 Å². The SMILES string of the molecule is COC(=O)c1ccc(Cn2c(=O)n(CCc3ccc(OC)c(OC)c3)c(=O)c3ncccc32)o1. The van der Waals surface area contributed by atoms with Crippen LogP contribution in [-0.2, 0) is 24.2 Å². The molecule has 3 heterocycles. The van der Waals surface area contributed by atoms with Gasteiger partial charge in [-0.05, 0) is 48.4 Å². The predicted molar refractivity (Wildman–Crippen MR) is 123 cm³/mol. The predicted octanol–water partition coefficient (Wildman–Crippen LogP) is 2.25. The molecule has 1 aromatic carbocycles. The Morgan fingerprint density at radius 1 is 1.00 bits per heavy atom. The first-order valence-corrected chi connectivity index (χ1v) is 10.4. The lowest BCUT2D eigenvalue weighted by atomic mass is 10.1. The molecule has 0 saturated carbocycles. The molecule has 0 bridgehead atoms. The summed E-state index contributed by atoms with van der Waals surface area (Å²) in [5.74, 6) is 0.909. The fourth-order valence-corrected chi connectivity index (χ4v) is 3.70. The van der Waals surface area contributed by atoms with Gasteiger partial charge in [-0.25, -0.2) is 14.6 Å². The minimum atomic E-state index is -0.620. The van der Waals surface area contributed by atoms with Crippen LogP contribution in [0.15, 0.2) is 62.7 Å². The number of esters is 1. The Labute approximate surface area is 193 Å². The fourth-order valence-electron chi connectivity index (χ4n) is 3.70. The second kappa shape index (κ2) is 9.65. The van der Waals surface area contributed by atoms with E-state index in [1.54, 1.807) is 44.6 Å². The van der Waals surface area contributed by atoms with Crippen molar-refractivity contribution in [1.29, 1.82) is 0 Å². The Hall–Kier alpha value is -4.34.